The lowest BCUT2D eigenvalue weighted by Gasteiger charge is -2.08. The third-order valence-corrected chi connectivity index (χ3v) is 3.74. The summed E-state index contributed by atoms with van der Waals surface area (Å²) < 4.78 is 50.1. The van der Waals surface area contributed by atoms with Crippen molar-refractivity contribution < 1.29 is 25.5 Å². The lowest BCUT2D eigenvalue weighted by molar-refractivity contribution is 0.221. The minimum Gasteiger partial charge on any atom is -0.284 e. The van der Waals surface area contributed by atoms with E-state index in [0.717, 1.165) is 6.26 Å². The van der Waals surface area contributed by atoms with Crippen LogP contribution in [0.4, 0.5) is 0 Å². The Balaban J connectivity index is 2.62. The molecule has 0 aliphatic rings. The number of nitrogens with zero attached hydrogens (tertiary/aromatic N) is 1. The molecule has 1 rings (SSSR count). The highest BCUT2D eigenvalue weighted by molar-refractivity contribution is 7.85. The highest BCUT2D eigenvalue weighted by Gasteiger charge is 2.14. The molecule has 0 radical (unpaired) electrons. The Morgan fingerprint density at radius 2 is 2.28 bits per heavy atom. The van der Waals surface area contributed by atoms with Crippen molar-refractivity contribution in [2.24, 2.45) is 0 Å². The molecule has 0 spiro atoms. The summed E-state index contributed by atoms with van der Waals surface area (Å²) in [4.78, 5) is 4.70. The lowest BCUT2D eigenvalue weighted by Crippen LogP contribution is -2.14. The van der Waals surface area contributed by atoms with Gasteiger partial charge in [0.25, 0.3) is 10.1 Å². The summed E-state index contributed by atoms with van der Waals surface area (Å²) in [5.74, 6) is 0. The van der Waals surface area contributed by atoms with Crippen LogP contribution < -0.4 is 0 Å². The Labute approximate surface area is 112 Å². The molecule has 104 valence electrons. The maximum Gasteiger partial charge on any atom is 0.302 e. The highest BCUT2D eigenvalue weighted by Crippen LogP contribution is 2.18. The molecule has 0 fully saturated rings. The van der Waals surface area contributed by atoms with Gasteiger partial charge in [-0.1, -0.05) is 0 Å². The Kier molecular flexibility index (Phi) is 5.82. The van der Waals surface area contributed by atoms with Crippen LogP contribution in [-0.2, 0) is 42.9 Å². The smallest absolute Gasteiger partial charge is 0.284 e. The lowest BCUT2D eigenvalue weighted by atomic mass is 10.2. The molecule has 1 aromatic rings. The second kappa shape index (κ2) is 6.68. The summed E-state index contributed by atoms with van der Waals surface area (Å²) in [6, 6.07) is 0. The maximum absolute atomic E-state index is 10.9. The van der Waals surface area contributed by atoms with Crippen LogP contribution in [0, 0.1) is 0 Å². The van der Waals surface area contributed by atoms with Gasteiger partial charge in [0.15, 0.2) is 0 Å². The van der Waals surface area contributed by atoms with Gasteiger partial charge in [-0.3, -0.25) is 12.9 Å². The first kappa shape index (κ1) is 15.7. The predicted octanol–water partition coefficient (Wildman–Crippen LogP) is 0.704. The SMILES string of the molecule is CC(Cc1ncsc1COS(C)(=O)=O)OS(=O)O. The third-order valence-electron chi connectivity index (χ3n) is 1.86. The average molecular weight is 315 g/mol. The predicted molar refractivity (Wildman–Crippen MR) is 66.8 cm³/mol. The van der Waals surface area contributed by atoms with E-state index < -0.39 is 27.6 Å². The molecule has 0 saturated carbocycles. The van der Waals surface area contributed by atoms with Gasteiger partial charge in [-0.15, -0.1) is 11.3 Å². The van der Waals surface area contributed by atoms with E-state index in [2.05, 4.69) is 13.4 Å². The van der Waals surface area contributed by atoms with Gasteiger partial charge < -0.3 is 0 Å². The van der Waals surface area contributed by atoms with E-state index in [4.69, 9.17) is 4.55 Å². The van der Waals surface area contributed by atoms with E-state index in [1.165, 1.54) is 11.3 Å². The molecule has 10 heteroatoms. The standard InChI is InChI=1S/C8H13NO6S3/c1-6(15-17(10)11)3-7-8(16-5-9-7)4-14-18(2,12)13/h5-6H,3-4H2,1-2H3,(H,10,11). The first-order chi connectivity index (χ1) is 8.28. The molecule has 1 N–H and O–H groups in total. The zero-order valence-corrected chi connectivity index (χ0v) is 12.2. The van der Waals surface area contributed by atoms with Crippen LogP contribution in [0.2, 0.25) is 0 Å². The van der Waals surface area contributed by atoms with Crippen LogP contribution in [0.5, 0.6) is 0 Å². The van der Waals surface area contributed by atoms with Crippen LogP contribution >= 0.6 is 11.3 Å². The van der Waals surface area contributed by atoms with Crippen molar-refractivity contribution in [1.29, 1.82) is 0 Å². The normalized spacial score (nSPS) is 15.5. The topological polar surface area (TPSA) is 103 Å². The van der Waals surface area contributed by atoms with E-state index >= 15 is 0 Å². The van der Waals surface area contributed by atoms with Gasteiger partial charge in [0.2, 0.25) is 0 Å². The summed E-state index contributed by atoms with van der Waals surface area (Å²) >= 11 is -1.08. The average Bonchev–Trinajstić information content (AvgIpc) is 2.59. The molecule has 0 aromatic carbocycles. The largest absolute Gasteiger partial charge is 0.302 e. The fraction of sp³-hybridized carbons (Fsp3) is 0.625. The molecule has 1 aromatic heterocycles. The molecule has 7 nitrogen and oxygen atoms in total. The molecule has 18 heavy (non-hydrogen) atoms. The van der Waals surface area contributed by atoms with Crippen LogP contribution in [0.25, 0.3) is 0 Å². The minimum atomic E-state index is -3.51. The second-order valence-electron chi connectivity index (χ2n) is 3.52. The zero-order valence-electron chi connectivity index (χ0n) is 9.73. The molecule has 0 bridgehead atoms. The highest BCUT2D eigenvalue weighted by atomic mass is 32.2. The molecule has 0 aliphatic heterocycles. The fourth-order valence-electron chi connectivity index (χ4n) is 1.18. The fourth-order valence-corrected chi connectivity index (χ4v) is 2.65. The third kappa shape index (κ3) is 5.98. The molecule has 2 atom stereocenters. The van der Waals surface area contributed by atoms with Crippen LogP contribution in [-0.4, -0.2) is 34.5 Å². The number of hydrogen-bond acceptors (Lipinski definition) is 7. The van der Waals surface area contributed by atoms with Gasteiger partial charge in [0.1, 0.15) is 6.61 Å². The molecule has 0 saturated heterocycles. The van der Waals surface area contributed by atoms with Crippen molar-refractivity contribution in [3.05, 3.63) is 16.1 Å². The van der Waals surface area contributed by atoms with Crippen molar-refractivity contribution in [2.45, 2.75) is 26.1 Å². The first-order valence-corrected chi connectivity index (χ1v) is 8.54. The number of thiazole rings is 1. The van der Waals surface area contributed by atoms with Crippen molar-refractivity contribution in [1.82, 2.24) is 4.98 Å². The minimum absolute atomic E-state index is 0.0895. The van der Waals surface area contributed by atoms with Gasteiger partial charge in [-0.2, -0.15) is 12.6 Å². The molecule has 1 heterocycles. The van der Waals surface area contributed by atoms with Crippen LogP contribution in [0.3, 0.4) is 0 Å². The van der Waals surface area contributed by atoms with E-state index in [0.29, 0.717) is 17.0 Å². The molecular formula is C8H13NO6S3. The molecular weight excluding hydrogens is 302 g/mol. The Bertz CT molecular complexity index is 511. The first-order valence-electron chi connectivity index (χ1n) is 4.81. The second-order valence-corrected chi connectivity index (χ2v) is 6.73. The molecule has 0 aliphatic carbocycles. The van der Waals surface area contributed by atoms with Gasteiger partial charge in [-0.25, -0.2) is 4.98 Å². The van der Waals surface area contributed by atoms with Gasteiger partial charge in [0.05, 0.1) is 28.4 Å². The van der Waals surface area contributed by atoms with Gasteiger partial charge in [-0.05, 0) is 6.92 Å². The number of aromatic nitrogens is 1. The monoisotopic (exact) mass is 315 g/mol. The van der Waals surface area contributed by atoms with Crippen LogP contribution in [0.15, 0.2) is 5.51 Å². The van der Waals surface area contributed by atoms with E-state index in [1.54, 1.807) is 12.4 Å². The number of rotatable bonds is 7. The zero-order chi connectivity index (χ0) is 13.8. The summed E-state index contributed by atoms with van der Waals surface area (Å²) in [6.07, 6.45) is 0.766. The van der Waals surface area contributed by atoms with Crippen molar-refractivity contribution in [2.75, 3.05) is 6.26 Å². The van der Waals surface area contributed by atoms with Crippen molar-refractivity contribution in [3.63, 3.8) is 0 Å². The summed E-state index contributed by atoms with van der Waals surface area (Å²) in [6.45, 7) is 1.53. The summed E-state index contributed by atoms with van der Waals surface area (Å²) in [5, 5.41) is 0. The molecule has 0 amide bonds. The number of hydrogen-bond donors (Lipinski definition) is 1. The van der Waals surface area contributed by atoms with Gasteiger partial charge >= 0.3 is 11.4 Å². The Morgan fingerprint density at radius 3 is 2.83 bits per heavy atom. The summed E-state index contributed by atoms with van der Waals surface area (Å²) in [5.41, 5.74) is 2.15. The van der Waals surface area contributed by atoms with E-state index in [1.807, 2.05) is 0 Å². The Morgan fingerprint density at radius 1 is 1.61 bits per heavy atom. The van der Waals surface area contributed by atoms with E-state index in [-0.39, 0.29) is 6.61 Å². The quantitative estimate of drug-likeness (QED) is 0.583. The summed E-state index contributed by atoms with van der Waals surface area (Å²) in [7, 11) is -3.51. The van der Waals surface area contributed by atoms with Crippen molar-refractivity contribution >= 4 is 32.8 Å². The maximum atomic E-state index is 10.9. The van der Waals surface area contributed by atoms with Gasteiger partial charge in [0, 0.05) is 6.42 Å². The van der Waals surface area contributed by atoms with Crippen LogP contribution in [0.1, 0.15) is 17.5 Å². The Hall–Kier alpha value is -0.390. The molecule has 2 unspecified atom stereocenters. The van der Waals surface area contributed by atoms with Crippen molar-refractivity contribution in [3.8, 4) is 0 Å². The van der Waals surface area contributed by atoms with E-state index in [9.17, 15) is 12.6 Å².